The molecule has 3 aromatic rings. The zero-order chi connectivity index (χ0) is 23.6. The fraction of sp³-hybridized carbons (Fsp3) is 0.520. The number of fused-ring (bicyclic) bond motifs is 1. The van der Waals surface area contributed by atoms with Crippen molar-refractivity contribution in [3.8, 4) is 0 Å². The zero-order valence-corrected chi connectivity index (χ0v) is 19.6. The minimum Gasteiger partial charge on any atom is -0.365 e. The number of carbonyl (C=O) groups excluding carboxylic acids is 1. The Morgan fingerprint density at radius 1 is 1.00 bits per heavy atom. The Hall–Kier alpha value is -3.20. The first kappa shape index (κ1) is 23.9. The van der Waals surface area contributed by atoms with E-state index in [2.05, 4.69) is 49.9 Å². The van der Waals surface area contributed by atoms with Crippen LogP contribution in [0.4, 0.5) is 17.5 Å². The number of aromatic nitrogens is 4. The van der Waals surface area contributed by atoms with Crippen LogP contribution in [0.25, 0.3) is 11.2 Å². The first-order chi connectivity index (χ1) is 16.7. The molecule has 2 heterocycles. The second kappa shape index (κ2) is 12.3. The van der Waals surface area contributed by atoms with Crippen LogP contribution >= 0.6 is 0 Å². The smallest absolute Gasteiger partial charge is 0.243 e. The Morgan fingerprint density at radius 2 is 1.76 bits per heavy atom. The number of carbonyl (C=O) groups is 1. The molecule has 34 heavy (non-hydrogen) atoms. The van der Waals surface area contributed by atoms with Gasteiger partial charge >= 0.3 is 0 Å². The lowest BCUT2D eigenvalue weighted by Crippen LogP contribution is -2.23. The van der Waals surface area contributed by atoms with Gasteiger partial charge in [0.2, 0.25) is 11.9 Å². The fourth-order valence-electron chi connectivity index (χ4n) is 4.52. The highest BCUT2D eigenvalue weighted by atomic mass is 16.5. The molecule has 0 radical (unpaired) electrons. The summed E-state index contributed by atoms with van der Waals surface area (Å²) in [7, 11) is 0. The van der Waals surface area contributed by atoms with Gasteiger partial charge in [-0.3, -0.25) is 10.0 Å². The van der Waals surface area contributed by atoms with Crippen molar-refractivity contribution in [2.45, 2.75) is 83.1 Å². The van der Waals surface area contributed by atoms with Gasteiger partial charge in [-0.05, 0) is 49.8 Å². The summed E-state index contributed by atoms with van der Waals surface area (Å²) in [4.78, 5) is 27.8. The first-order valence-corrected chi connectivity index (χ1v) is 12.5. The third kappa shape index (κ3) is 6.90. The summed E-state index contributed by atoms with van der Waals surface area (Å²) >= 11 is 0. The van der Waals surface area contributed by atoms with Crippen LogP contribution in [0.3, 0.4) is 0 Å². The van der Waals surface area contributed by atoms with E-state index < -0.39 is 0 Å². The van der Waals surface area contributed by atoms with Crippen LogP contribution < -0.4 is 16.1 Å². The highest BCUT2D eigenvalue weighted by Gasteiger charge is 2.17. The first-order valence-electron chi connectivity index (χ1n) is 12.5. The highest BCUT2D eigenvalue weighted by Crippen LogP contribution is 2.26. The molecule has 1 aromatic carbocycles. The number of aryl methyl sites for hydroxylation is 1. The van der Waals surface area contributed by atoms with Gasteiger partial charge in [0.15, 0.2) is 11.5 Å². The number of H-pyrrole nitrogens is 1. The van der Waals surface area contributed by atoms with E-state index in [-0.39, 0.29) is 5.91 Å². The Kier molecular flexibility index (Phi) is 8.67. The number of anilines is 3. The van der Waals surface area contributed by atoms with Crippen LogP contribution in [0, 0.1) is 0 Å². The summed E-state index contributed by atoms with van der Waals surface area (Å²) in [6, 6.07) is 8.86. The van der Waals surface area contributed by atoms with Crippen LogP contribution in [0.5, 0.6) is 0 Å². The van der Waals surface area contributed by atoms with Crippen molar-refractivity contribution in [1.82, 2.24) is 25.4 Å². The largest absolute Gasteiger partial charge is 0.365 e. The van der Waals surface area contributed by atoms with Crippen LogP contribution in [0.15, 0.2) is 30.6 Å². The number of unbranched alkanes of at least 4 members (excludes halogenated alkanes) is 4. The van der Waals surface area contributed by atoms with Gasteiger partial charge < -0.3 is 15.6 Å². The molecule has 1 aliphatic rings. The van der Waals surface area contributed by atoms with Crippen molar-refractivity contribution in [3.05, 3.63) is 36.2 Å². The van der Waals surface area contributed by atoms with E-state index in [0.29, 0.717) is 24.1 Å². The van der Waals surface area contributed by atoms with Crippen LogP contribution in [0.1, 0.15) is 76.2 Å². The van der Waals surface area contributed by atoms with Crippen molar-refractivity contribution >= 4 is 34.5 Å². The molecule has 9 nitrogen and oxygen atoms in total. The molecule has 4 rings (SSSR count). The van der Waals surface area contributed by atoms with E-state index in [1.165, 1.54) is 37.7 Å². The Morgan fingerprint density at radius 3 is 2.56 bits per heavy atom. The normalized spacial score (nSPS) is 14.3. The number of amides is 1. The molecule has 2 aromatic heterocycles. The van der Waals surface area contributed by atoms with Gasteiger partial charge in [-0.15, -0.1) is 0 Å². The molecule has 1 saturated carbocycles. The van der Waals surface area contributed by atoms with Crippen LogP contribution in [0.2, 0.25) is 0 Å². The number of nitrogens with one attached hydrogen (secondary N) is 4. The summed E-state index contributed by atoms with van der Waals surface area (Å²) in [6.07, 6.45) is 14.4. The Bertz CT molecular complexity index is 1050. The molecule has 182 valence electrons. The number of nitrogens with zero attached hydrogens (tertiary/aromatic N) is 3. The van der Waals surface area contributed by atoms with Crippen molar-refractivity contribution in [1.29, 1.82) is 0 Å². The molecule has 1 amide bonds. The van der Waals surface area contributed by atoms with Crippen molar-refractivity contribution in [2.24, 2.45) is 0 Å². The van der Waals surface area contributed by atoms with Gasteiger partial charge in [0.05, 0.1) is 6.33 Å². The molecule has 1 fully saturated rings. The molecule has 0 aliphatic heterocycles. The number of benzene rings is 1. The van der Waals surface area contributed by atoms with E-state index >= 15 is 0 Å². The molecule has 5 N–H and O–H groups in total. The monoisotopic (exact) mass is 465 g/mol. The van der Waals surface area contributed by atoms with E-state index in [4.69, 9.17) is 10.2 Å². The number of hydrogen-bond acceptors (Lipinski definition) is 7. The lowest BCUT2D eigenvalue weighted by atomic mass is 9.95. The average molecular weight is 466 g/mol. The molecular weight excluding hydrogens is 430 g/mol. The topological polar surface area (TPSA) is 128 Å². The van der Waals surface area contributed by atoms with Gasteiger partial charge in [0.25, 0.3) is 0 Å². The van der Waals surface area contributed by atoms with Crippen LogP contribution in [-0.2, 0) is 11.2 Å². The van der Waals surface area contributed by atoms with E-state index in [1.807, 2.05) is 0 Å². The quantitative estimate of drug-likeness (QED) is 0.141. The summed E-state index contributed by atoms with van der Waals surface area (Å²) in [6.45, 7) is 0. The second-order valence-electron chi connectivity index (χ2n) is 9.10. The molecule has 0 atom stereocenters. The molecule has 9 heteroatoms. The van der Waals surface area contributed by atoms with Crippen molar-refractivity contribution in [2.75, 3.05) is 10.6 Å². The maximum absolute atomic E-state index is 11.0. The number of hydroxylamine groups is 1. The van der Waals surface area contributed by atoms with Gasteiger partial charge in [-0.25, -0.2) is 10.5 Å². The SMILES string of the molecule is O=C(CCCCCCCc1ccc(Nc2nc(NC3CCCCC3)c3[nH]cnc3n2)cc1)NO. The predicted molar refractivity (Wildman–Crippen MR) is 133 cm³/mol. The fourth-order valence-corrected chi connectivity index (χ4v) is 4.52. The number of aromatic amines is 1. The maximum atomic E-state index is 11.0. The Labute approximate surface area is 200 Å². The molecule has 0 unspecified atom stereocenters. The molecule has 1 aliphatic carbocycles. The average Bonchev–Trinajstić information content (AvgIpc) is 3.34. The van der Waals surface area contributed by atoms with Crippen molar-refractivity contribution < 1.29 is 10.0 Å². The van der Waals surface area contributed by atoms with Crippen LogP contribution in [-0.4, -0.2) is 37.1 Å². The third-order valence-corrected chi connectivity index (χ3v) is 6.44. The summed E-state index contributed by atoms with van der Waals surface area (Å²) in [5.41, 5.74) is 5.43. The summed E-state index contributed by atoms with van der Waals surface area (Å²) < 4.78 is 0. The van der Waals surface area contributed by atoms with Gasteiger partial charge in [-0.2, -0.15) is 9.97 Å². The standard InChI is InChI=1S/C25H35N7O2/c33-21(32-34)12-8-3-1-2-5-9-18-13-15-20(16-14-18)29-25-30-23-22(26-17-27-23)24(31-25)28-19-10-6-4-7-11-19/h13-17,19,34H,1-12H2,(H,32,33)(H3,26,27,28,29,30,31). The van der Waals surface area contributed by atoms with E-state index in [9.17, 15) is 4.79 Å². The zero-order valence-electron chi connectivity index (χ0n) is 19.6. The Balaban J connectivity index is 1.27. The summed E-state index contributed by atoms with van der Waals surface area (Å²) in [5.74, 6) is 1.05. The summed E-state index contributed by atoms with van der Waals surface area (Å²) in [5, 5.41) is 15.4. The second-order valence-corrected chi connectivity index (χ2v) is 9.10. The number of rotatable bonds is 12. The molecule has 0 saturated heterocycles. The van der Waals surface area contributed by atoms with E-state index in [1.54, 1.807) is 11.8 Å². The maximum Gasteiger partial charge on any atom is 0.243 e. The minimum absolute atomic E-state index is 0.305. The van der Waals surface area contributed by atoms with Crippen molar-refractivity contribution in [3.63, 3.8) is 0 Å². The molecule has 0 bridgehead atoms. The minimum atomic E-state index is -0.305. The van der Waals surface area contributed by atoms with Gasteiger partial charge in [-0.1, -0.05) is 50.7 Å². The lowest BCUT2D eigenvalue weighted by molar-refractivity contribution is -0.129. The number of hydrogen-bond donors (Lipinski definition) is 5. The molecule has 0 spiro atoms. The third-order valence-electron chi connectivity index (χ3n) is 6.44. The molecular formula is C25H35N7O2. The van der Waals surface area contributed by atoms with E-state index in [0.717, 1.165) is 55.5 Å². The number of imidazole rings is 1. The van der Waals surface area contributed by atoms with Gasteiger partial charge in [0, 0.05) is 18.2 Å². The lowest BCUT2D eigenvalue weighted by Gasteiger charge is -2.23. The predicted octanol–water partition coefficient (Wildman–Crippen LogP) is 5.23. The highest BCUT2D eigenvalue weighted by molar-refractivity contribution is 5.84. The van der Waals surface area contributed by atoms with Gasteiger partial charge in [0.1, 0.15) is 5.52 Å².